The zero-order valence-electron chi connectivity index (χ0n) is 18.1. The van der Waals surface area contributed by atoms with Gasteiger partial charge in [0.25, 0.3) is 0 Å². The molecule has 3 aromatic rings. The van der Waals surface area contributed by atoms with Crippen LogP contribution in [0.3, 0.4) is 0 Å². The molecule has 1 saturated heterocycles. The van der Waals surface area contributed by atoms with Crippen LogP contribution in [-0.4, -0.2) is 26.1 Å². The summed E-state index contributed by atoms with van der Waals surface area (Å²) >= 11 is 0. The minimum absolute atomic E-state index is 0.0611. The summed E-state index contributed by atoms with van der Waals surface area (Å²) in [6.45, 7) is 7.80. The number of aryl methyl sites for hydroxylation is 2. The van der Waals surface area contributed by atoms with E-state index in [1.807, 2.05) is 11.8 Å². The Kier molecular flexibility index (Phi) is 5.64. The number of anilines is 1. The van der Waals surface area contributed by atoms with Crippen LogP contribution < -0.4 is 10.3 Å². The Balaban J connectivity index is 1.92. The minimum atomic E-state index is -4.03. The second-order valence-electron chi connectivity index (χ2n) is 8.44. The first-order valence-corrected chi connectivity index (χ1v) is 12.1. The molecular formula is C24H27FN2O3S. The average Bonchev–Trinajstić information content (AvgIpc) is 2.74. The van der Waals surface area contributed by atoms with Crippen LogP contribution in [0.1, 0.15) is 32.3 Å². The molecule has 0 unspecified atom stereocenters. The van der Waals surface area contributed by atoms with E-state index in [9.17, 15) is 13.2 Å². The molecule has 1 aliphatic heterocycles. The number of pyridine rings is 1. The van der Waals surface area contributed by atoms with Crippen molar-refractivity contribution in [1.29, 1.82) is 0 Å². The molecule has 4 rings (SSSR count). The van der Waals surface area contributed by atoms with Crippen molar-refractivity contribution in [3.8, 4) is 0 Å². The van der Waals surface area contributed by atoms with Gasteiger partial charge in [0.1, 0.15) is 10.7 Å². The Hall–Kier alpha value is -2.67. The molecule has 31 heavy (non-hydrogen) atoms. The predicted octanol–water partition coefficient (Wildman–Crippen LogP) is 4.54. The summed E-state index contributed by atoms with van der Waals surface area (Å²) in [5.41, 5.74) is 1.13. The summed E-state index contributed by atoms with van der Waals surface area (Å²) in [6, 6.07) is 9.35. The van der Waals surface area contributed by atoms with Gasteiger partial charge in [-0.15, -0.1) is 0 Å². The Morgan fingerprint density at radius 3 is 2.65 bits per heavy atom. The van der Waals surface area contributed by atoms with Crippen molar-refractivity contribution in [3.05, 3.63) is 64.2 Å². The minimum Gasteiger partial charge on any atom is -0.369 e. The van der Waals surface area contributed by atoms with E-state index < -0.39 is 21.1 Å². The molecule has 0 bridgehead atoms. The topological polar surface area (TPSA) is 59.4 Å². The summed E-state index contributed by atoms with van der Waals surface area (Å²) in [5.74, 6) is -0.0227. The summed E-state index contributed by atoms with van der Waals surface area (Å²) in [4.78, 5) is 15.0. The lowest BCUT2D eigenvalue weighted by atomic mass is 9.99. The van der Waals surface area contributed by atoms with Crippen molar-refractivity contribution in [2.45, 2.75) is 49.9 Å². The lowest BCUT2D eigenvalue weighted by molar-refractivity contribution is 0.442. The van der Waals surface area contributed by atoms with Crippen molar-refractivity contribution in [2.24, 2.45) is 5.92 Å². The van der Waals surface area contributed by atoms with Crippen LogP contribution in [-0.2, 0) is 16.4 Å². The van der Waals surface area contributed by atoms with Gasteiger partial charge >= 0.3 is 0 Å². The fourth-order valence-corrected chi connectivity index (χ4v) is 5.86. The SMILES string of the molecule is CCn1cc(S(=O)(=O)c2cccc(C)c2)c(=O)c2cc(F)c(N3CCC[C@H](C)C3)cc21. The largest absolute Gasteiger partial charge is 0.369 e. The molecule has 0 radical (unpaired) electrons. The zero-order chi connectivity index (χ0) is 22.3. The van der Waals surface area contributed by atoms with E-state index in [0.717, 1.165) is 31.5 Å². The molecule has 5 nitrogen and oxygen atoms in total. The normalized spacial score (nSPS) is 17.3. The Morgan fingerprint density at radius 2 is 1.97 bits per heavy atom. The summed E-state index contributed by atoms with van der Waals surface area (Å²) < 4.78 is 43.3. The monoisotopic (exact) mass is 442 g/mol. The van der Waals surface area contributed by atoms with Crippen LogP contribution in [0.2, 0.25) is 0 Å². The molecule has 0 aliphatic carbocycles. The molecule has 164 valence electrons. The van der Waals surface area contributed by atoms with E-state index in [2.05, 4.69) is 6.92 Å². The molecule has 2 aromatic carbocycles. The molecule has 1 aromatic heterocycles. The summed E-state index contributed by atoms with van der Waals surface area (Å²) in [7, 11) is -4.03. The van der Waals surface area contributed by atoms with E-state index in [1.54, 1.807) is 29.7 Å². The van der Waals surface area contributed by atoms with Gasteiger partial charge in [0, 0.05) is 25.8 Å². The number of piperidine rings is 1. The van der Waals surface area contributed by atoms with Crippen LogP contribution in [0.25, 0.3) is 10.9 Å². The highest BCUT2D eigenvalue weighted by molar-refractivity contribution is 7.91. The van der Waals surface area contributed by atoms with Crippen LogP contribution in [0, 0.1) is 18.7 Å². The highest BCUT2D eigenvalue weighted by atomic mass is 32.2. The summed E-state index contributed by atoms with van der Waals surface area (Å²) in [5, 5.41) is 0.0851. The molecule has 0 saturated carbocycles. The van der Waals surface area contributed by atoms with E-state index in [0.29, 0.717) is 23.7 Å². The maximum Gasteiger partial charge on any atom is 0.211 e. The van der Waals surface area contributed by atoms with Gasteiger partial charge in [-0.3, -0.25) is 4.79 Å². The lowest BCUT2D eigenvalue weighted by Gasteiger charge is -2.33. The van der Waals surface area contributed by atoms with Crippen LogP contribution in [0.4, 0.5) is 10.1 Å². The number of hydrogen-bond donors (Lipinski definition) is 0. The first kappa shape index (κ1) is 21.6. The zero-order valence-corrected chi connectivity index (χ0v) is 18.9. The number of rotatable bonds is 4. The van der Waals surface area contributed by atoms with Gasteiger partial charge in [0.05, 0.1) is 21.5 Å². The Bertz CT molecular complexity index is 1310. The molecule has 2 heterocycles. The number of halogens is 1. The van der Waals surface area contributed by atoms with Crippen LogP contribution >= 0.6 is 0 Å². The van der Waals surface area contributed by atoms with Gasteiger partial charge in [0.2, 0.25) is 15.3 Å². The highest BCUT2D eigenvalue weighted by Crippen LogP contribution is 2.30. The molecule has 7 heteroatoms. The fraction of sp³-hybridized carbons (Fsp3) is 0.375. The van der Waals surface area contributed by atoms with Gasteiger partial charge in [0.15, 0.2) is 0 Å². The van der Waals surface area contributed by atoms with Crippen molar-refractivity contribution in [3.63, 3.8) is 0 Å². The van der Waals surface area contributed by atoms with E-state index in [-0.39, 0.29) is 15.2 Å². The van der Waals surface area contributed by atoms with Gasteiger partial charge in [-0.2, -0.15) is 0 Å². The maximum atomic E-state index is 15.1. The Labute approximate surface area is 182 Å². The third kappa shape index (κ3) is 3.87. The van der Waals surface area contributed by atoms with Crippen LogP contribution in [0.5, 0.6) is 0 Å². The van der Waals surface area contributed by atoms with Gasteiger partial charge in [-0.05, 0) is 62.4 Å². The van der Waals surface area contributed by atoms with Gasteiger partial charge < -0.3 is 9.47 Å². The maximum absolute atomic E-state index is 15.1. The van der Waals surface area contributed by atoms with Crippen molar-refractivity contribution in [1.82, 2.24) is 4.57 Å². The van der Waals surface area contributed by atoms with E-state index in [4.69, 9.17) is 0 Å². The smallest absolute Gasteiger partial charge is 0.211 e. The third-order valence-electron chi connectivity index (χ3n) is 6.04. The first-order chi connectivity index (χ1) is 14.7. The van der Waals surface area contributed by atoms with E-state index >= 15 is 4.39 Å². The van der Waals surface area contributed by atoms with Crippen LogP contribution in [0.15, 0.2) is 57.2 Å². The molecule has 1 fully saturated rings. The summed E-state index contributed by atoms with van der Waals surface area (Å²) in [6.07, 6.45) is 3.50. The number of nitrogens with zero attached hydrogens (tertiary/aromatic N) is 2. The Morgan fingerprint density at radius 1 is 1.19 bits per heavy atom. The molecule has 0 spiro atoms. The second-order valence-corrected chi connectivity index (χ2v) is 10.4. The number of aromatic nitrogens is 1. The molecule has 0 amide bonds. The number of fused-ring (bicyclic) bond motifs is 1. The number of sulfone groups is 1. The first-order valence-electron chi connectivity index (χ1n) is 10.7. The van der Waals surface area contributed by atoms with Gasteiger partial charge in [-0.25, -0.2) is 12.8 Å². The lowest BCUT2D eigenvalue weighted by Crippen LogP contribution is -2.35. The molecule has 0 N–H and O–H groups in total. The standard InChI is InChI=1S/C24H27FN2O3S/c1-4-26-15-23(31(29,30)18-9-5-7-16(2)11-18)24(28)19-12-20(25)22(13-21(19)26)27-10-6-8-17(3)14-27/h5,7,9,11-13,15,17H,4,6,8,10,14H2,1-3H3/t17-/m0/s1. The third-order valence-corrected chi connectivity index (χ3v) is 7.79. The van der Waals surface area contributed by atoms with E-state index in [1.165, 1.54) is 24.4 Å². The van der Waals surface area contributed by atoms with Crippen molar-refractivity contribution in [2.75, 3.05) is 18.0 Å². The fourth-order valence-electron chi connectivity index (χ4n) is 4.39. The highest BCUT2D eigenvalue weighted by Gasteiger charge is 2.26. The number of benzene rings is 2. The predicted molar refractivity (Wildman–Crippen MR) is 121 cm³/mol. The van der Waals surface area contributed by atoms with Crippen molar-refractivity contribution >= 4 is 26.4 Å². The molecule has 1 atom stereocenters. The molecule has 1 aliphatic rings. The van der Waals surface area contributed by atoms with Gasteiger partial charge in [-0.1, -0.05) is 19.1 Å². The second kappa shape index (κ2) is 8.11. The quantitative estimate of drug-likeness (QED) is 0.595. The average molecular weight is 443 g/mol. The number of hydrogen-bond acceptors (Lipinski definition) is 4. The molecular weight excluding hydrogens is 415 g/mol. The van der Waals surface area contributed by atoms with Crippen molar-refractivity contribution < 1.29 is 12.8 Å².